The van der Waals surface area contributed by atoms with Crippen molar-refractivity contribution < 1.29 is 22.7 Å². The van der Waals surface area contributed by atoms with E-state index in [0.29, 0.717) is 4.80 Å². The molecule has 7 nitrogen and oxygen atoms in total. The van der Waals surface area contributed by atoms with E-state index in [4.69, 9.17) is 4.74 Å². The average molecular weight is 461 g/mol. The molecular weight excluding hydrogens is 436 g/mol. The van der Waals surface area contributed by atoms with Crippen LogP contribution < -0.4 is 4.80 Å². The molecular formula is C22H24N2O5S2. The Morgan fingerprint density at radius 1 is 1.10 bits per heavy atom. The first-order chi connectivity index (χ1) is 14.8. The Labute approximate surface area is 184 Å². The van der Waals surface area contributed by atoms with E-state index >= 15 is 0 Å². The summed E-state index contributed by atoms with van der Waals surface area (Å²) in [4.78, 5) is 29.2. The van der Waals surface area contributed by atoms with Crippen molar-refractivity contribution in [3.63, 3.8) is 0 Å². The number of rotatable bonds is 8. The number of esters is 1. The van der Waals surface area contributed by atoms with Gasteiger partial charge in [0, 0.05) is 6.42 Å². The topological polar surface area (TPSA) is 94.8 Å². The Bertz CT molecular complexity index is 1260. The molecule has 0 spiro atoms. The van der Waals surface area contributed by atoms with Gasteiger partial charge in [-0.2, -0.15) is 4.99 Å². The number of ether oxygens (including phenoxy) is 1. The van der Waals surface area contributed by atoms with Crippen molar-refractivity contribution in [1.82, 2.24) is 4.57 Å². The first-order valence-electron chi connectivity index (χ1n) is 9.97. The van der Waals surface area contributed by atoms with Crippen LogP contribution in [-0.4, -0.2) is 37.2 Å². The molecule has 1 aromatic heterocycles. The van der Waals surface area contributed by atoms with Crippen LogP contribution in [0.5, 0.6) is 0 Å². The Kier molecular flexibility index (Phi) is 7.40. The maximum absolute atomic E-state index is 12.5. The van der Waals surface area contributed by atoms with Crippen molar-refractivity contribution in [3.05, 3.63) is 58.9 Å². The van der Waals surface area contributed by atoms with E-state index in [1.54, 1.807) is 29.7 Å². The fraction of sp³-hybridized carbons (Fsp3) is 0.318. The summed E-state index contributed by atoms with van der Waals surface area (Å²) in [5.41, 5.74) is 1.91. The normalized spacial score (nSPS) is 12.3. The molecule has 0 radical (unpaired) electrons. The fourth-order valence-corrected chi connectivity index (χ4v) is 5.40. The number of carbonyl (C=O) groups is 2. The predicted molar refractivity (Wildman–Crippen MR) is 120 cm³/mol. The highest BCUT2D eigenvalue weighted by Crippen LogP contribution is 2.20. The molecule has 0 atom stereocenters. The second-order valence-electron chi connectivity index (χ2n) is 6.82. The van der Waals surface area contributed by atoms with Gasteiger partial charge in [0.15, 0.2) is 14.6 Å². The van der Waals surface area contributed by atoms with E-state index in [-0.39, 0.29) is 30.2 Å². The summed E-state index contributed by atoms with van der Waals surface area (Å²) in [7, 11) is -3.58. The van der Waals surface area contributed by atoms with Crippen LogP contribution in [0.2, 0.25) is 0 Å². The largest absolute Gasteiger partial charge is 0.465 e. The Morgan fingerprint density at radius 3 is 2.52 bits per heavy atom. The van der Waals surface area contributed by atoms with E-state index in [1.165, 1.54) is 23.5 Å². The molecule has 0 fully saturated rings. The van der Waals surface area contributed by atoms with Crippen molar-refractivity contribution in [3.8, 4) is 0 Å². The highest BCUT2D eigenvalue weighted by atomic mass is 32.2. The maximum Gasteiger partial charge on any atom is 0.326 e. The lowest BCUT2D eigenvalue weighted by molar-refractivity contribution is -0.143. The molecule has 9 heteroatoms. The minimum Gasteiger partial charge on any atom is -0.465 e. The molecule has 3 aromatic rings. The van der Waals surface area contributed by atoms with Crippen LogP contribution in [0.25, 0.3) is 10.2 Å². The van der Waals surface area contributed by atoms with E-state index in [0.717, 1.165) is 22.2 Å². The standard InChI is InChI=1S/C22H24N2O5S2/c1-3-16-10-11-18-19(14-16)30-22(24(18)15-21(26)29-4-2)23-20(25)12-13-31(27,28)17-8-6-5-7-9-17/h5-11,14H,3-4,12-13,15H2,1-2H3. The van der Waals surface area contributed by atoms with Gasteiger partial charge in [-0.3, -0.25) is 9.59 Å². The van der Waals surface area contributed by atoms with Crippen LogP contribution >= 0.6 is 11.3 Å². The van der Waals surface area contributed by atoms with Crippen molar-refractivity contribution >= 4 is 43.3 Å². The van der Waals surface area contributed by atoms with Crippen LogP contribution in [0, 0.1) is 0 Å². The van der Waals surface area contributed by atoms with Crippen molar-refractivity contribution in [2.45, 2.75) is 38.1 Å². The van der Waals surface area contributed by atoms with Crippen LogP contribution in [0.3, 0.4) is 0 Å². The summed E-state index contributed by atoms with van der Waals surface area (Å²) >= 11 is 1.29. The zero-order chi connectivity index (χ0) is 22.4. The second-order valence-corrected chi connectivity index (χ2v) is 9.94. The summed E-state index contributed by atoms with van der Waals surface area (Å²) in [5.74, 6) is -1.32. The SMILES string of the molecule is CCOC(=O)Cn1c(=NC(=O)CCS(=O)(=O)c2ccccc2)sc2cc(CC)ccc21. The summed E-state index contributed by atoms with van der Waals surface area (Å²) in [6.07, 6.45) is 0.611. The molecule has 0 N–H and O–H groups in total. The Hall–Kier alpha value is -2.78. The molecule has 0 aliphatic heterocycles. The molecule has 2 aromatic carbocycles. The third-order valence-electron chi connectivity index (χ3n) is 4.66. The van der Waals surface area contributed by atoms with E-state index in [1.807, 2.05) is 25.1 Å². The number of aromatic nitrogens is 1. The first-order valence-corrected chi connectivity index (χ1v) is 12.4. The van der Waals surface area contributed by atoms with Crippen molar-refractivity contribution in [2.24, 2.45) is 4.99 Å². The van der Waals surface area contributed by atoms with Gasteiger partial charge in [0.05, 0.1) is 27.5 Å². The minimum atomic E-state index is -3.58. The lowest BCUT2D eigenvalue weighted by Gasteiger charge is -2.05. The van der Waals surface area contributed by atoms with Crippen LogP contribution in [-0.2, 0) is 37.1 Å². The van der Waals surface area contributed by atoms with Gasteiger partial charge in [-0.1, -0.05) is 42.5 Å². The van der Waals surface area contributed by atoms with E-state index in [9.17, 15) is 18.0 Å². The zero-order valence-electron chi connectivity index (χ0n) is 17.4. The van der Waals surface area contributed by atoms with E-state index < -0.39 is 21.7 Å². The molecule has 164 valence electrons. The fourth-order valence-electron chi connectivity index (χ4n) is 3.04. The van der Waals surface area contributed by atoms with E-state index in [2.05, 4.69) is 4.99 Å². The smallest absolute Gasteiger partial charge is 0.326 e. The van der Waals surface area contributed by atoms with Gasteiger partial charge < -0.3 is 9.30 Å². The highest BCUT2D eigenvalue weighted by molar-refractivity contribution is 7.91. The molecule has 0 aliphatic carbocycles. The number of thiazole rings is 1. The Balaban J connectivity index is 1.90. The van der Waals surface area contributed by atoms with Crippen molar-refractivity contribution in [1.29, 1.82) is 0 Å². The van der Waals surface area contributed by atoms with Gasteiger partial charge in [0.2, 0.25) is 5.91 Å². The van der Waals surface area contributed by atoms with Gasteiger partial charge in [-0.05, 0) is 43.2 Å². The summed E-state index contributed by atoms with van der Waals surface area (Å²) < 4.78 is 32.4. The summed E-state index contributed by atoms with van der Waals surface area (Å²) in [5, 5.41) is 0. The van der Waals surface area contributed by atoms with Crippen LogP contribution in [0.1, 0.15) is 25.8 Å². The Morgan fingerprint density at radius 2 is 1.84 bits per heavy atom. The monoisotopic (exact) mass is 460 g/mol. The molecule has 1 heterocycles. The molecule has 0 unspecified atom stereocenters. The first kappa shape index (κ1) is 22.9. The van der Waals surface area contributed by atoms with Gasteiger partial charge in [0.25, 0.3) is 0 Å². The van der Waals surface area contributed by atoms with Gasteiger partial charge in [0.1, 0.15) is 6.54 Å². The molecule has 3 rings (SSSR count). The highest BCUT2D eigenvalue weighted by Gasteiger charge is 2.17. The van der Waals surface area contributed by atoms with Gasteiger partial charge >= 0.3 is 5.97 Å². The van der Waals surface area contributed by atoms with Crippen molar-refractivity contribution in [2.75, 3.05) is 12.4 Å². The molecule has 0 saturated heterocycles. The number of nitrogens with zero attached hydrogens (tertiary/aromatic N) is 2. The van der Waals surface area contributed by atoms with Gasteiger partial charge in [-0.15, -0.1) is 0 Å². The number of hydrogen-bond donors (Lipinski definition) is 0. The summed E-state index contributed by atoms with van der Waals surface area (Å²) in [6.45, 7) is 3.95. The maximum atomic E-state index is 12.5. The average Bonchev–Trinajstić information content (AvgIpc) is 3.09. The number of amides is 1. The third-order valence-corrected chi connectivity index (χ3v) is 7.43. The molecule has 1 amide bonds. The molecule has 31 heavy (non-hydrogen) atoms. The molecule has 0 saturated carbocycles. The number of hydrogen-bond acceptors (Lipinski definition) is 6. The molecule has 0 bridgehead atoms. The minimum absolute atomic E-state index is 0.0757. The zero-order valence-corrected chi connectivity index (χ0v) is 19.0. The van der Waals surface area contributed by atoms with Crippen LogP contribution in [0.15, 0.2) is 58.4 Å². The second kappa shape index (κ2) is 10.0. The number of benzene rings is 2. The lowest BCUT2D eigenvalue weighted by Crippen LogP contribution is -2.23. The predicted octanol–water partition coefficient (Wildman–Crippen LogP) is 3.12. The lowest BCUT2D eigenvalue weighted by atomic mass is 10.2. The summed E-state index contributed by atoms with van der Waals surface area (Å²) in [6, 6.07) is 13.9. The number of aryl methyl sites for hydroxylation is 1. The number of carbonyl (C=O) groups excluding carboxylic acids is 2. The quantitative estimate of drug-likeness (QED) is 0.482. The van der Waals surface area contributed by atoms with Gasteiger partial charge in [-0.25, -0.2) is 8.42 Å². The molecule has 0 aliphatic rings. The third kappa shape index (κ3) is 5.68. The number of fused-ring (bicyclic) bond motifs is 1. The van der Waals surface area contributed by atoms with Crippen LogP contribution in [0.4, 0.5) is 0 Å². The number of sulfone groups is 1.